The van der Waals surface area contributed by atoms with Crippen LogP contribution in [0, 0.1) is 5.92 Å². The lowest BCUT2D eigenvalue weighted by Gasteiger charge is -2.31. The van der Waals surface area contributed by atoms with Crippen molar-refractivity contribution < 1.29 is 19.4 Å². The summed E-state index contributed by atoms with van der Waals surface area (Å²) in [6.45, 7) is 3.18. The molecular weight excluding hydrogens is 210 g/mol. The first-order valence-corrected chi connectivity index (χ1v) is 5.70. The summed E-state index contributed by atoms with van der Waals surface area (Å²) in [4.78, 5) is 23.5. The molecule has 0 atom stereocenters. The van der Waals surface area contributed by atoms with Crippen LogP contribution in [-0.2, 0) is 14.3 Å². The van der Waals surface area contributed by atoms with Gasteiger partial charge in [-0.3, -0.25) is 4.79 Å². The van der Waals surface area contributed by atoms with Gasteiger partial charge in [0.25, 0.3) is 0 Å². The quantitative estimate of drug-likeness (QED) is 0.755. The minimum absolute atomic E-state index is 0.101. The Hall–Kier alpha value is -1.10. The zero-order valence-electron chi connectivity index (χ0n) is 9.65. The molecule has 0 aromatic heterocycles. The maximum atomic E-state index is 11.6. The summed E-state index contributed by atoms with van der Waals surface area (Å²) in [5.74, 6) is -0.419. The predicted molar refractivity (Wildman–Crippen MR) is 58.0 cm³/mol. The topological polar surface area (TPSA) is 66.8 Å². The number of ether oxygens (including phenoxy) is 1. The van der Waals surface area contributed by atoms with Gasteiger partial charge in [0.1, 0.15) is 13.2 Å². The van der Waals surface area contributed by atoms with Crippen LogP contribution in [0.5, 0.6) is 0 Å². The number of amides is 1. The lowest BCUT2D eigenvalue weighted by Crippen LogP contribution is -2.40. The van der Waals surface area contributed by atoms with Crippen molar-refractivity contribution in [2.75, 3.05) is 26.3 Å². The number of piperidine rings is 1. The van der Waals surface area contributed by atoms with Gasteiger partial charge in [0, 0.05) is 13.1 Å². The Morgan fingerprint density at radius 2 is 1.94 bits per heavy atom. The second kappa shape index (κ2) is 6.48. The molecule has 1 fully saturated rings. The van der Waals surface area contributed by atoms with E-state index in [1.54, 1.807) is 4.90 Å². The molecule has 5 heteroatoms. The number of likely N-dealkylation sites (tertiary alicyclic amines) is 1. The maximum absolute atomic E-state index is 11.6. The van der Waals surface area contributed by atoms with Crippen molar-refractivity contribution in [2.24, 2.45) is 5.92 Å². The van der Waals surface area contributed by atoms with Crippen LogP contribution in [0.25, 0.3) is 0 Å². The largest absolute Gasteiger partial charge is 0.480 e. The monoisotopic (exact) mass is 229 g/mol. The third kappa shape index (κ3) is 4.18. The fraction of sp³-hybridized carbons (Fsp3) is 0.818. The smallest absolute Gasteiger partial charge is 0.329 e. The van der Waals surface area contributed by atoms with Crippen molar-refractivity contribution >= 4 is 11.9 Å². The number of carbonyl (C=O) groups excluding carboxylic acids is 1. The Labute approximate surface area is 95.4 Å². The summed E-state index contributed by atoms with van der Waals surface area (Å²) in [6, 6.07) is 0. The van der Waals surface area contributed by atoms with Crippen LogP contribution in [0.1, 0.15) is 26.2 Å². The second-order valence-corrected chi connectivity index (χ2v) is 4.12. The van der Waals surface area contributed by atoms with Crippen LogP contribution in [0.15, 0.2) is 0 Å². The number of carbonyl (C=O) groups is 2. The Balaban J connectivity index is 2.20. The number of hydrogen-bond acceptors (Lipinski definition) is 3. The van der Waals surface area contributed by atoms with E-state index in [0.717, 1.165) is 38.3 Å². The van der Waals surface area contributed by atoms with Gasteiger partial charge < -0.3 is 14.7 Å². The Kier molecular flexibility index (Phi) is 5.25. The van der Waals surface area contributed by atoms with Crippen molar-refractivity contribution in [3.05, 3.63) is 0 Å². The highest BCUT2D eigenvalue weighted by Crippen LogP contribution is 2.19. The maximum Gasteiger partial charge on any atom is 0.329 e. The molecule has 0 spiro atoms. The fourth-order valence-electron chi connectivity index (χ4n) is 1.91. The molecule has 0 radical (unpaired) electrons. The summed E-state index contributed by atoms with van der Waals surface area (Å²) < 4.78 is 4.77. The first-order chi connectivity index (χ1) is 7.63. The number of rotatable bonds is 5. The number of aliphatic carboxylic acids is 1. The van der Waals surface area contributed by atoms with Crippen molar-refractivity contribution in [1.29, 1.82) is 0 Å². The van der Waals surface area contributed by atoms with Gasteiger partial charge in [-0.2, -0.15) is 0 Å². The predicted octanol–water partition coefficient (Wildman–Crippen LogP) is 0.736. The molecule has 1 N–H and O–H groups in total. The van der Waals surface area contributed by atoms with Crippen LogP contribution in [0.4, 0.5) is 0 Å². The molecular formula is C11H19NO4. The molecule has 0 aromatic rings. The van der Waals surface area contributed by atoms with E-state index in [-0.39, 0.29) is 12.5 Å². The SMILES string of the molecule is CCC1CCN(C(=O)COCC(=O)O)CC1. The number of carboxylic acid groups (broad SMARTS) is 1. The van der Waals surface area contributed by atoms with Crippen LogP contribution in [-0.4, -0.2) is 48.2 Å². The van der Waals surface area contributed by atoms with E-state index in [1.165, 1.54) is 0 Å². The van der Waals surface area contributed by atoms with Gasteiger partial charge in [0.2, 0.25) is 5.91 Å². The summed E-state index contributed by atoms with van der Waals surface area (Å²) in [6.07, 6.45) is 3.25. The molecule has 0 aliphatic carbocycles. The highest BCUT2D eigenvalue weighted by molar-refractivity contribution is 5.78. The van der Waals surface area contributed by atoms with E-state index < -0.39 is 12.6 Å². The second-order valence-electron chi connectivity index (χ2n) is 4.12. The number of nitrogens with zero attached hydrogens (tertiary/aromatic N) is 1. The Morgan fingerprint density at radius 1 is 1.31 bits per heavy atom. The van der Waals surface area contributed by atoms with E-state index >= 15 is 0 Å². The Morgan fingerprint density at radius 3 is 2.44 bits per heavy atom. The van der Waals surface area contributed by atoms with Crippen LogP contribution >= 0.6 is 0 Å². The lowest BCUT2D eigenvalue weighted by molar-refractivity contribution is -0.146. The molecule has 1 rings (SSSR count). The lowest BCUT2D eigenvalue weighted by atomic mass is 9.94. The first-order valence-electron chi connectivity index (χ1n) is 5.70. The zero-order valence-corrected chi connectivity index (χ0v) is 9.65. The molecule has 0 saturated carbocycles. The van der Waals surface area contributed by atoms with Gasteiger partial charge >= 0.3 is 5.97 Å². The van der Waals surface area contributed by atoms with Crippen molar-refractivity contribution in [1.82, 2.24) is 4.90 Å². The third-order valence-corrected chi connectivity index (χ3v) is 3.00. The summed E-state index contributed by atoms with van der Waals surface area (Å²) in [5.41, 5.74) is 0. The minimum Gasteiger partial charge on any atom is -0.480 e. The van der Waals surface area contributed by atoms with Crippen LogP contribution < -0.4 is 0 Å². The minimum atomic E-state index is -1.04. The van der Waals surface area contributed by atoms with Gasteiger partial charge in [-0.05, 0) is 18.8 Å². The van der Waals surface area contributed by atoms with Gasteiger partial charge in [-0.1, -0.05) is 13.3 Å². The molecule has 0 bridgehead atoms. The van der Waals surface area contributed by atoms with E-state index in [1.807, 2.05) is 0 Å². The molecule has 16 heavy (non-hydrogen) atoms. The van der Waals surface area contributed by atoms with Crippen molar-refractivity contribution in [3.8, 4) is 0 Å². The highest BCUT2D eigenvalue weighted by atomic mass is 16.5. The first kappa shape index (κ1) is 13.0. The summed E-state index contributed by atoms with van der Waals surface area (Å²) in [5, 5.41) is 8.35. The van der Waals surface area contributed by atoms with Crippen LogP contribution in [0.2, 0.25) is 0 Å². The molecule has 0 unspecified atom stereocenters. The molecule has 92 valence electrons. The summed E-state index contributed by atoms with van der Waals surface area (Å²) in [7, 11) is 0. The van der Waals surface area contributed by atoms with E-state index in [4.69, 9.17) is 9.84 Å². The molecule has 1 heterocycles. The van der Waals surface area contributed by atoms with E-state index in [9.17, 15) is 9.59 Å². The molecule has 1 aliphatic heterocycles. The molecule has 0 aromatic carbocycles. The van der Waals surface area contributed by atoms with Gasteiger partial charge in [-0.25, -0.2) is 4.79 Å². The number of hydrogen-bond donors (Lipinski definition) is 1. The van der Waals surface area contributed by atoms with E-state index in [2.05, 4.69) is 6.92 Å². The average molecular weight is 229 g/mol. The normalized spacial score (nSPS) is 17.4. The van der Waals surface area contributed by atoms with Gasteiger partial charge in [0.05, 0.1) is 0 Å². The standard InChI is InChI=1S/C11H19NO4/c1-2-9-3-5-12(6-4-9)10(13)7-16-8-11(14)15/h9H,2-8H2,1H3,(H,14,15). The molecule has 5 nitrogen and oxygen atoms in total. The van der Waals surface area contributed by atoms with E-state index in [0.29, 0.717) is 0 Å². The van der Waals surface area contributed by atoms with Gasteiger partial charge in [-0.15, -0.1) is 0 Å². The molecule has 1 aliphatic rings. The third-order valence-electron chi connectivity index (χ3n) is 3.00. The Bertz CT molecular complexity index is 246. The zero-order chi connectivity index (χ0) is 12.0. The van der Waals surface area contributed by atoms with Crippen molar-refractivity contribution in [3.63, 3.8) is 0 Å². The molecule has 1 amide bonds. The number of carboxylic acids is 1. The highest BCUT2D eigenvalue weighted by Gasteiger charge is 2.21. The van der Waals surface area contributed by atoms with Gasteiger partial charge in [0.15, 0.2) is 0 Å². The van der Waals surface area contributed by atoms with Crippen LogP contribution in [0.3, 0.4) is 0 Å². The molecule has 1 saturated heterocycles. The van der Waals surface area contributed by atoms with Crippen molar-refractivity contribution in [2.45, 2.75) is 26.2 Å². The summed E-state index contributed by atoms with van der Waals surface area (Å²) >= 11 is 0. The average Bonchev–Trinajstić information content (AvgIpc) is 2.28. The fourth-order valence-corrected chi connectivity index (χ4v) is 1.91.